The van der Waals surface area contributed by atoms with E-state index in [1.807, 2.05) is 0 Å². The zero-order valence-corrected chi connectivity index (χ0v) is 36.4. The van der Waals surface area contributed by atoms with E-state index in [9.17, 15) is 23.8 Å². The number of rotatable bonds is 42. The van der Waals surface area contributed by atoms with Crippen LogP contribution in [0.4, 0.5) is 0 Å². The average molecular weight is 816 g/mol. The fourth-order valence-electron chi connectivity index (χ4n) is 6.10. The van der Waals surface area contributed by atoms with Gasteiger partial charge in [0.1, 0.15) is 12.6 Å². The summed E-state index contributed by atoms with van der Waals surface area (Å²) >= 11 is 0. The predicted octanol–water partition coefficient (Wildman–Crippen LogP) is 11.8. The molecule has 0 spiro atoms. The lowest BCUT2D eigenvalue weighted by molar-refractivity contribution is -0.161. The zero-order valence-electron chi connectivity index (χ0n) is 35.5. The topological polar surface area (TPSA) is 172 Å². The van der Waals surface area contributed by atoms with Crippen molar-refractivity contribution >= 4 is 25.7 Å². The van der Waals surface area contributed by atoms with Crippen LogP contribution in [0.3, 0.4) is 0 Å². The standard InChI is InChI=1S/C44H82NO10P/c1-3-5-7-9-11-13-15-17-19-20-22-24-26-28-30-32-34-36-43(47)55-40(38-53-56(50,51)54-39-41(45)44(48)49)37-52-42(46)35-33-31-29-27-25-23-21-18-16-14-12-10-8-6-4-2/h10,12,17,19,40-41H,3-9,11,13-16,18,20-39,45H2,1-2H3,(H,48,49)(H,50,51)/b12-10+,19-17+/t40-,41+/m1/s1. The van der Waals surface area contributed by atoms with Gasteiger partial charge in [-0.25, -0.2) is 4.57 Å². The maximum absolute atomic E-state index is 12.6. The van der Waals surface area contributed by atoms with E-state index in [1.165, 1.54) is 122 Å². The summed E-state index contributed by atoms with van der Waals surface area (Å²) in [7, 11) is -4.71. The molecule has 0 aliphatic heterocycles. The molecule has 1 unspecified atom stereocenters. The van der Waals surface area contributed by atoms with Crippen molar-refractivity contribution in [3.8, 4) is 0 Å². The predicted molar refractivity (Wildman–Crippen MR) is 226 cm³/mol. The van der Waals surface area contributed by atoms with Crippen LogP contribution in [0.25, 0.3) is 0 Å². The normalized spacial score (nSPS) is 13.9. The Bertz CT molecular complexity index is 1050. The first-order valence-electron chi connectivity index (χ1n) is 22.4. The number of ether oxygens (including phenoxy) is 2. The Morgan fingerprint density at radius 3 is 1.36 bits per heavy atom. The Morgan fingerprint density at radius 1 is 0.536 bits per heavy atom. The number of hydrogen-bond donors (Lipinski definition) is 3. The highest BCUT2D eigenvalue weighted by molar-refractivity contribution is 7.47. The summed E-state index contributed by atoms with van der Waals surface area (Å²) in [5, 5.41) is 8.89. The molecular weight excluding hydrogens is 733 g/mol. The van der Waals surface area contributed by atoms with Crippen LogP contribution in [0.1, 0.15) is 206 Å². The summed E-state index contributed by atoms with van der Waals surface area (Å²) in [4.78, 5) is 46.0. The number of aliphatic carboxylic acids is 1. The number of carbonyl (C=O) groups excluding carboxylic acids is 2. The summed E-state index contributed by atoms with van der Waals surface area (Å²) in [6, 6.07) is -1.52. The number of allylic oxidation sites excluding steroid dienone is 4. The molecule has 0 aromatic heterocycles. The molecule has 0 rings (SSSR count). The van der Waals surface area contributed by atoms with E-state index in [0.717, 1.165) is 44.9 Å². The summed E-state index contributed by atoms with van der Waals surface area (Å²) in [5.41, 5.74) is 5.33. The van der Waals surface area contributed by atoms with Crippen LogP contribution >= 0.6 is 7.82 Å². The number of phosphoric ester groups is 1. The van der Waals surface area contributed by atoms with Crippen molar-refractivity contribution in [2.75, 3.05) is 19.8 Å². The summed E-state index contributed by atoms with van der Waals surface area (Å²) in [5.74, 6) is -2.38. The lowest BCUT2D eigenvalue weighted by Gasteiger charge is -2.20. The third-order valence-electron chi connectivity index (χ3n) is 9.67. The molecule has 0 fully saturated rings. The van der Waals surface area contributed by atoms with Crippen molar-refractivity contribution in [1.29, 1.82) is 0 Å². The number of carbonyl (C=O) groups is 3. The first-order chi connectivity index (χ1) is 27.1. The van der Waals surface area contributed by atoms with Gasteiger partial charge in [0.05, 0.1) is 13.2 Å². The Morgan fingerprint density at radius 2 is 0.911 bits per heavy atom. The van der Waals surface area contributed by atoms with Crippen molar-refractivity contribution < 1.29 is 47.5 Å². The summed E-state index contributed by atoms with van der Waals surface area (Å²) in [6.07, 6.45) is 40.9. The molecule has 0 amide bonds. The van der Waals surface area contributed by atoms with Crippen molar-refractivity contribution in [3.63, 3.8) is 0 Å². The zero-order chi connectivity index (χ0) is 41.4. The maximum Gasteiger partial charge on any atom is 0.472 e. The molecule has 0 saturated heterocycles. The Hall–Kier alpha value is -2.04. The van der Waals surface area contributed by atoms with Crippen LogP contribution in [0.15, 0.2) is 24.3 Å². The van der Waals surface area contributed by atoms with Gasteiger partial charge in [-0.15, -0.1) is 0 Å². The second-order valence-corrected chi connectivity index (χ2v) is 16.6. The average Bonchev–Trinajstić information content (AvgIpc) is 3.17. The van der Waals surface area contributed by atoms with Gasteiger partial charge in [0.15, 0.2) is 6.10 Å². The largest absolute Gasteiger partial charge is 0.480 e. The first kappa shape index (κ1) is 54.0. The molecule has 0 aliphatic carbocycles. The van der Waals surface area contributed by atoms with Crippen molar-refractivity contribution in [2.45, 2.75) is 219 Å². The Labute approximate surface area is 340 Å². The summed E-state index contributed by atoms with van der Waals surface area (Å²) in [6.45, 7) is 2.78. The minimum atomic E-state index is -4.71. The Balaban J connectivity index is 4.34. The number of phosphoric acid groups is 1. The van der Waals surface area contributed by atoms with Crippen molar-refractivity contribution in [1.82, 2.24) is 0 Å². The number of nitrogens with two attached hydrogens (primary N) is 1. The van der Waals surface area contributed by atoms with Crippen LogP contribution in [0, 0.1) is 0 Å². The molecule has 4 N–H and O–H groups in total. The number of esters is 2. The molecule has 0 radical (unpaired) electrons. The van der Waals surface area contributed by atoms with Crippen LogP contribution in [-0.4, -0.2) is 59.9 Å². The quantitative estimate of drug-likeness (QED) is 0.0232. The SMILES string of the molecule is CCCC/C=C/CCCCCCCCCCCC(=O)OC[C@H](COP(=O)(O)OC[C@H](N)C(=O)O)OC(=O)CCCCCCCCC/C=C/CCCCCCCC. The van der Waals surface area contributed by atoms with Gasteiger partial charge < -0.3 is 25.2 Å². The monoisotopic (exact) mass is 816 g/mol. The first-order valence-corrected chi connectivity index (χ1v) is 23.9. The van der Waals surface area contributed by atoms with Crippen LogP contribution in [-0.2, 0) is 37.5 Å². The van der Waals surface area contributed by atoms with Gasteiger partial charge in [-0.2, -0.15) is 0 Å². The fourth-order valence-corrected chi connectivity index (χ4v) is 6.88. The van der Waals surface area contributed by atoms with E-state index in [-0.39, 0.29) is 19.4 Å². The van der Waals surface area contributed by atoms with Crippen molar-refractivity contribution in [2.24, 2.45) is 5.73 Å². The van der Waals surface area contributed by atoms with Gasteiger partial charge in [-0.05, 0) is 57.8 Å². The van der Waals surface area contributed by atoms with Crippen molar-refractivity contribution in [3.05, 3.63) is 24.3 Å². The number of unbranched alkanes of at least 4 members (excludes halogenated alkanes) is 24. The van der Waals surface area contributed by atoms with E-state index in [4.69, 9.17) is 24.8 Å². The fraction of sp³-hybridized carbons (Fsp3) is 0.841. The number of carboxylic acid groups (broad SMARTS) is 1. The van der Waals surface area contributed by atoms with E-state index < -0.39 is 51.1 Å². The number of carboxylic acids is 1. The second kappa shape index (κ2) is 39.8. The van der Waals surface area contributed by atoms with E-state index in [2.05, 4.69) is 42.7 Å². The molecule has 56 heavy (non-hydrogen) atoms. The third-order valence-corrected chi connectivity index (χ3v) is 10.6. The van der Waals surface area contributed by atoms with Crippen LogP contribution in [0.2, 0.25) is 0 Å². The Kier molecular flexibility index (Phi) is 38.3. The van der Waals surface area contributed by atoms with E-state index in [1.54, 1.807) is 0 Å². The molecule has 0 aromatic rings. The molecule has 328 valence electrons. The molecule has 3 atom stereocenters. The van der Waals surface area contributed by atoms with Crippen LogP contribution in [0.5, 0.6) is 0 Å². The minimum absolute atomic E-state index is 0.158. The van der Waals surface area contributed by atoms with Gasteiger partial charge >= 0.3 is 25.7 Å². The molecular formula is C44H82NO10P. The number of hydrogen-bond acceptors (Lipinski definition) is 9. The van der Waals surface area contributed by atoms with Gasteiger partial charge in [0, 0.05) is 12.8 Å². The van der Waals surface area contributed by atoms with E-state index in [0.29, 0.717) is 12.8 Å². The van der Waals surface area contributed by atoms with Gasteiger partial charge in [0.25, 0.3) is 0 Å². The molecule has 0 aromatic carbocycles. The second-order valence-electron chi connectivity index (χ2n) is 15.2. The highest BCUT2D eigenvalue weighted by Gasteiger charge is 2.28. The summed E-state index contributed by atoms with van der Waals surface area (Å²) < 4.78 is 32.7. The van der Waals surface area contributed by atoms with E-state index >= 15 is 0 Å². The van der Waals surface area contributed by atoms with Crippen LogP contribution < -0.4 is 5.73 Å². The highest BCUT2D eigenvalue weighted by atomic mass is 31.2. The molecule has 0 heterocycles. The molecule has 0 saturated carbocycles. The lowest BCUT2D eigenvalue weighted by atomic mass is 10.1. The third kappa shape index (κ3) is 38.8. The van der Waals surface area contributed by atoms with Gasteiger partial charge in [-0.3, -0.25) is 23.4 Å². The molecule has 0 aliphatic rings. The molecule has 0 bridgehead atoms. The van der Waals surface area contributed by atoms with Gasteiger partial charge in [-0.1, -0.05) is 160 Å². The minimum Gasteiger partial charge on any atom is -0.480 e. The lowest BCUT2D eigenvalue weighted by Crippen LogP contribution is -2.34. The van der Waals surface area contributed by atoms with Gasteiger partial charge in [0.2, 0.25) is 0 Å². The smallest absolute Gasteiger partial charge is 0.472 e. The molecule has 11 nitrogen and oxygen atoms in total. The maximum atomic E-state index is 12.6. The molecule has 12 heteroatoms. The highest BCUT2D eigenvalue weighted by Crippen LogP contribution is 2.43.